The Kier molecular flexibility index (Phi) is 6.32. The SMILES string of the molecule is O=C(NCC(F)(F)F)Nc1cccc(-c2cnc3cc(-c4ccc(=O)n(CCO)n4)ccn23)c1. The predicted octanol–water partition coefficient (Wildman–Crippen LogP) is 2.90. The third-order valence-electron chi connectivity index (χ3n) is 4.85. The number of benzene rings is 1. The van der Waals surface area contributed by atoms with Crippen LogP contribution in [0.4, 0.5) is 23.7 Å². The molecule has 3 N–H and O–H groups in total. The third kappa shape index (κ3) is 5.23. The summed E-state index contributed by atoms with van der Waals surface area (Å²) in [5, 5.41) is 17.5. The summed E-state index contributed by atoms with van der Waals surface area (Å²) < 4.78 is 39.8. The normalized spacial score (nSPS) is 11.5. The van der Waals surface area contributed by atoms with E-state index in [1.807, 2.05) is 0 Å². The molecule has 3 aromatic heterocycles. The number of carbonyl (C=O) groups excluding carboxylic acids is 1. The molecule has 3 heterocycles. The van der Waals surface area contributed by atoms with E-state index in [1.54, 1.807) is 64.6 Å². The van der Waals surface area contributed by atoms with E-state index in [4.69, 9.17) is 5.11 Å². The fourth-order valence-electron chi connectivity index (χ4n) is 3.32. The molecule has 12 heteroatoms. The van der Waals surface area contributed by atoms with Crippen LogP contribution >= 0.6 is 0 Å². The molecule has 0 spiro atoms. The Labute approximate surface area is 190 Å². The van der Waals surface area contributed by atoms with E-state index in [9.17, 15) is 22.8 Å². The van der Waals surface area contributed by atoms with Gasteiger partial charge < -0.3 is 15.7 Å². The smallest absolute Gasteiger partial charge is 0.394 e. The topological polar surface area (TPSA) is 114 Å². The van der Waals surface area contributed by atoms with Crippen molar-refractivity contribution in [3.05, 3.63) is 71.3 Å². The van der Waals surface area contributed by atoms with Gasteiger partial charge >= 0.3 is 12.2 Å². The molecule has 0 aliphatic heterocycles. The van der Waals surface area contributed by atoms with Crippen molar-refractivity contribution in [1.82, 2.24) is 24.5 Å². The number of aliphatic hydroxyl groups is 1. The van der Waals surface area contributed by atoms with Crippen molar-refractivity contribution in [2.45, 2.75) is 12.7 Å². The Balaban J connectivity index is 1.58. The van der Waals surface area contributed by atoms with Crippen LogP contribution in [0, 0.1) is 0 Å². The minimum absolute atomic E-state index is 0.0844. The molecule has 34 heavy (non-hydrogen) atoms. The molecule has 0 saturated carbocycles. The highest BCUT2D eigenvalue weighted by atomic mass is 19.4. The number of alkyl halides is 3. The minimum Gasteiger partial charge on any atom is -0.394 e. The highest BCUT2D eigenvalue weighted by Gasteiger charge is 2.27. The number of amides is 2. The lowest BCUT2D eigenvalue weighted by Crippen LogP contribution is -2.36. The molecule has 9 nitrogen and oxygen atoms in total. The first kappa shape index (κ1) is 23.0. The molecule has 4 aromatic rings. The number of carbonyl (C=O) groups is 1. The second-order valence-corrected chi connectivity index (χ2v) is 7.29. The van der Waals surface area contributed by atoms with E-state index >= 15 is 0 Å². The van der Waals surface area contributed by atoms with Crippen LogP contribution in [0.3, 0.4) is 0 Å². The third-order valence-corrected chi connectivity index (χ3v) is 4.85. The molecule has 0 aliphatic rings. The van der Waals surface area contributed by atoms with Crippen LogP contribution in [0.25, 0.3) is 28.2 Å². The Bertz CT molecular complexity index is 1400. The van der Waals surface area contributed by atoms with E-state index in [0.29, 0.717) is 33.8 Å². The van der Waals surface area contributed by atoms with Crippen molar-refractivity contribution in [1.29, 1.82) is 0 Å². The van der Waals surface area contributed by atoms with Crippen molar-refractivity contribution in [2.24, 2.45) is 0 Å². The molecular weight excluding hydrogens is 453 g/mol. The molecule has 0 fully saturated rings. The first-order valence-corrected chi connectivity index (χ1v) is 10.1. The van der Waals surface area contributed by atoms with Crippen molar-refractivity contribution >= 4 is 17.4 Å². The molecule has 0 bridgehead atoms. The number of nitrogens with zero attached hydrogens (tertiary/aromatic N) is 4. The van der Waals surface area contributed by atoms with Gasteiger partial charge in [-0.15, -0.1) is 0 Å². The van der Waals surface area contributed by atoms with Gasteiger partial charge in [-0.05, 0) is 30.3 Å². The van der Waals surface area contributed by atoms with Crippen molar-refractivity contribution in [3.63, 3.8) is 0 Å². The van der Waals surface area contributed by atoms with Crippen molar-refractivity contribution in [3.8, 4) is 22.5 Å². The second-order valence-electron chi connectivity index (χ2n) is 7.29. The van der Waals surface area contributed by atoms with E-state index < -0.39 is 18.8 Å². The van der Waals surface area contributed by atoms with Gasteiger partial charge in [0.2, 0.25) is 0 Å². The number of aromatic nitrogens is 4. The minimum atomic E-state index is -4.50. The van der Waals surface area contributed by atoms with Crippen molar-refractivity contribution < 1.29 is 23.1 Å². The summed E-state index contributed by atoms with van der Waals surface area (Å²) in [5.41, 5.74) is 3.23. The van der Waals surface area contributed by atoms with E-state index in [2.05, 4.69) is 15.4 Å². The summed E-state index contributed by atoms with van der Waals surface area (Å²) in [6, 6.07) is 12.2. The first-order valence-electron chi connectivity index (χ1n) is 10.1. The number of hydrogen-bond donors (Lipinski definition) is 3. The van der Waals surface area contributed by atoms with Gasteiger partial charge in [-0.3, -0.25) is 9.20 Å². The summed E-state index contributed by atoms with van der Waals surface area (Å²) >= 11 is 0. The van der Waals surface area contributed by atoms with E-state index in [1.165, 1.54) is 10.7 Å². The van der Waals surface area contributed by atoms with Gasteiger partial charge in [0, 0.05) is 29.1 Å². The van der Waals surface area contributed by atoms with Crippen LogP contribution in [0.15, 0.2) is 65.7 Å². The molecule has 1 aromatic carbocycles. The summed E-state index contributed by atoms with van der Waals surface area (Å²) in [6.07, 6.45) is -1.10. The van der Waals surface area contributed by atoms with Crippen LogP contribution in [0.5, 0.6) is 0 Å². The lowest BCUT2D eigenvalue weighted by molar-refractivity contribution is -0.122. The molecule has 176 valence electrons. The second kappa shape index (κ2) is 9.35. The number of hydrogen-bond acceptors (Lipinski definition) is 5. The lowest BCUT2D eigenvalue weighted by Gasteiger charge is -2.11. The number of urea groups is 1. The molecule has 0 atom stereocenters. The maximum atomic E-state index is 12.3. The molecule has 2 amide bonds. The molecule has 0 saturated heterocycles. The maximum absolute atomic E-state index is 12.3. The first-order chi connectivity index (χ1) is 16.2. The van der Waals surface area contributed by atoms with Crippen LogP contribution in [0.1, 0.15) is 0 Å². The quantitative estimate of drug-likeness (QED) is 0.399. The summed E-state index contributed by atoms with van der Waals surface area (Å²) in [5.74, 6) is 0. The van der Waals surface area contributed by atoms with Crippen LogP contribution in [-0.2, 0) is 6.54 Å². The molecule has 4 rings (SSSR count). The Morgan fingerprint density at radius 3 is 2.68 bits per heavy atom. The molecule has 0 aliphatic carbocycles. The van der Waals surface area contributed by atoms with E-state index in [-0.39, 0.29) is 18.7 Å². The number of nitrogens with one attached hydrogen (secondary N) is 2. The standard InChI is InChI=1S/C22H19F3N6O3/c23-22(24,25)13-27-21(34)28-16-3-1-2-15(10-16)18-12-26-19-11-14(6-7-30(18)19)17-4-5-20(33)31(29-17)8-9-32/h1-7,10-12,32H,8-9,13H2,(H2,27,28,34). The highest BCUT2D eigenvalue weighted by molar-refractivity contribution is 5.90. The van der Waals surface area contributed by atoms with Gasteiger partial charge in [-0.25, -0.2) is 14.5 Å². The fraction of sp³-hybridized carbons (Fsp3) is 0.182. The van der Waals surface area contributed by atoms with Gasteiger partial charge in [0.1, 0.15) is 12.2 Å². The Hall–Kier alpha value is -4.19. The largest absolute Gasteiger partial charge is 0.405 e. The van der Waals surface area contributed by atoms with Gasteiger partial charge in [-0.1, -0.05) is 12.1 Å². The van der Waals surface area contributed by atoms with Gasteiger partial charge in [0.25, 0.3) is 5.56 Å². The highest BCUT2D eigenvalue weighted by Crippen LogP contribution is 2.26. The van der Waals surface area contributed by atoms with Crippen LogP contribution in [0.2, 0.25) is 0 Å². The Morgan fingerprint density at radius 2 is 1.91 bits per heavy atom. The van der Waals surface area contributed by atoms with Crippen molar-refractivity contribution in [2.75, 3.05) is 18.5 Å². The monoisotopic (exact) mass is 472 g/mol. The zero-order valence-corrected chi connectivity index (χ0v) is 17.6. The summed E-state index contributed by atoms with van der Waals surface area (Å²) in [6.45, 7) is -1.56. The zero-order valence-electron chi connectivity index (χ0n) is 17.6. The van der Waals surface area contributed by atoms with Gasteiger partial charge in [-0.2, -0.15) is 18.3 Å². The molecule has 0 radical (unpaired) electrons. The maximum Gasteiger partial charge on any atom is 0.405 e. The summed E-state index contributed by atoms with van der Waals surface area (Å²) in [4.78, 5) is 28.0. The zero-order chi connectivity index (χ0) is 24.3. The fourth-order valence-corrected chi connectivity index (χ4v) is 3.32. The number of aliphatic hydroxyl groups excluding tert-OH is 1. The van der Waals surface area contributed by atoms with Crippen LogP contribution in [-0.4, -0.2) is 49.6 Å². The molecular formula is C22H19F3N6O3. The molecule has 0 unspecified atom stereocenters. The predicted molar refractivity (Wildman–Crippen MR) is 118 cm³/mol. The number of halogens is 3. The van der Waals surface area contributed by atoms with Gasteiger partial charge in [0.05, 0.1) is 30.7 Å². The average molecular weight is 472 g/mol. The number of rotatable bonds is 6. The van der Waals surface area contributed by atoms with Gasteiger partial charge in [0.15, 0.2) is 0 Å². The lowest BCUT2D eigenvalue weighted by atomic mass is 10.1. The van der Waals surface area contributed by atoms with E-state index in [0.717, 1.165) is 0 Å². The number of anilines is 1. The number of pyridine rings is 1. The average Bonchev–Trinajstić information content (AvgIpc) is 3.22. The number of imidazole rings is 1. The van der Waals surface area contributed by atoms with Crippen LogP contribution < -0.4 is 16.2 Å². The summed E-state index contributed by atoms with van der Waals surface area (Å²) in [7, 11) is 0. The number of fused-ring (bicyclic) bond motifs is 1. The Morgan fingerprint density at radius 1 is 1.09 bits per heavy atom.